The Morgan fingerprint density at radius 3 is 1.19 bits per heavy atom. The van der Waals surface area contributed by atoms with Crippen LogP contribution in [0.4, 0.5) is 0 Å². The van der Waals surface area contributed by atoms with Gasteiger partial charge in [-0.1, -0.05) is 156 Å². The van der Waals surface area contributed by atoms with Gasteiger partial charge in [-0.2, -0.15) is 15.3 Å². The molecule has 14 heteroatoms. The van der Waals surface area contributed by atoms with Crippen LogP contribution >= 0.6 is 0 Å². The molecule has 0 saturated carbocycles. The zero-order valence-electron chi connectivity index (χ0n) is 36.9. The van der Waals surface area contributed by atoms with Gasteiger partial charge in [0.2, 0.25) is 17.7 Å². The van der Waals surface area contributed by atoms with Gasteiger partial charge in [-0.25, -0.2) is 21.3 Å². The number of hydrazone groups is 3. The van der Waals surface area contributed by atoms with Gasteiger partial charge in [-0.15, -0.1) is 0 Å². The van der Waals surface area contributed by atoms with Crippen LogP contribution in [0.2, 0.25) is 0 Å². The second-order valence-electron chi connectivity index (χ2n) is 15.5. The number of nitrogens with zero attached hydrogens (tertiary/aromatic N) is 4. The molecule has 0 unspecified atom stereocenters. The largest absolute Gasteiger partial charge is 0.370 e. The Morgan fingerprint density at radius 2 is 0.810 bits per heavy atom. The van der Waals surface area contributed by atoms with Crippen LogP contribution in [-0.2, 0) is 19.2 Å². The molecule has 58 heavy (non-hydrogen) atoms. The van der Waals surface area contributed by atoms with Crippen molar-refractivity contribution in [3.05, 3.63) is 0 Å². The first-order valence-electron chi connectivity index (χ1n) is 23.1. The van der Waals surface area contributed by atoms with E-state index in [1.165, 1.54) is 116 Å². The molecular formula is C44H84N10O4. The molecule has 0 saturated heterocycles. The number of aliphatic imine (C=N–C) groups is 1. The van der Waals surface area contributed by atoms with Crippen molar-refractivity contribution in [2.24, 2.45) is 31.8 Å². The maximum absolute atomic E-state index is 13.4. The third-order valence-electron chi connectivity index (χ3n) is 9.93. The van der Waals surface area contributed by atoms with Crippen LogP contribution in [0.1, 0.15) is 220 Å². The van der Waals surface area contributed by atoms with Crippen molar-refractivity contribution in [1.82, 2.24) is 21.6 Å². The predicted octanol–water partition coefficient (Wildman–Crippen LogP) is 8.57. The minimum atomic E-state index is -1.15. The summed E-state index contributed by atoms with van der Waals surface area (Å²) in [5.41, 5.74) is 18.8. The summed E-state index contributed by atoms with van der Waals surface area (Å²) in [6.45, 7) is 6.64. The van der Waals surface area contributed by atoms with Crippen molar-refractivity contribution in [2.75, 3.05) is 0 Å². The highest BCUT2D eigenvalue weighted by molar-refractivity contribution is 5.92. The summed E-state index contributed by atoms with van der Waals surface area (Å²) in [6.07, 6.45) is 36.0. The molecule has 0 aliphatic rings. The summed E-state index contributed by atoms with van der Waals surface area (Å²) in [6, 6.07) is -2.26. The summed E-state index contributed by atoms with van der Waals surface area (Å²) in [7, 11) is 0. The highest BCUT2D eigenvalue weighted by Crippen LogP contribution is 2.12. The molecule has 0 aliphatic heterocycles. The van der Waals surface area contributed by atoms with Gasteiger partial charge in [0.25, 0.3) is 5.91 Å². The molecule has 0 bridgehead atoms. The summed E-state index contributed by atoms with van der Waals surface area (Å²) in [5, 5.41) is 14.8. The fourth-order valence-electron chi connectivity index (χ4n) is 6.35. The first-order chi connectivity index (χ1) is 28.2. The molecule has 0 aliphatic carbocycles. The number of carbonyl (C=O) groups is 4. The lowest BCUT2D eigenvalue weighted by atomic mass is 10.1. The lowest BCUT2D eigenvalue weighted by Crippen LogP contribution is -2.49. The fourth-order valence-corrected chi connectivity index (χ4v) is 6.35. The number of rotatable bonds is 40. The predicted molar refractivity (Wildman–Crippen MR) is 242 cm³/mol. The Bertz CT molecular complexity index is 1160. The van der Waals surface area contributed by atoms with Gasteiger partial charge in [0, 0.05) is 31.5 Å². The number of amides is 4. The number of hydrogen-bond acceptors (Lipinski definition) is 8. The standard InChI is InChI=1S/C44H84N10O4/c1-4-7-10-13-16-19-22-25-28-35-47-52-40(55)33-31-38(51-44(45)46)42(57)50-39(43(58)54-49-37-30-27-24-21-18-15-12-9-6-3)32-34-41(56)53-48-36-29-26-23-20-17-14-11-8-5-2/h35-39H,4-34H2,1-3H3,(H,50,57)(H,52,55)(H,53,56)(H,54,58)(H4,45,46,51)/b47-35+,48-36+,49-37+/t38-,39-/m0/s1. The van der Waals surface area contributed by atoms with E-state index < -0.39 is 35.7 Å². The number of unbranched alkanes of at least 4 members (excludes halogenated alkanes) is 24. The SMILES string of the molecule is CCCCCCCCCC/C=N/NC(=O)CC[C@H](N=C(N)N)C(=O)N[C@@H](CCC(=O)N/N=C/CCCCCCCCCC)C(=O)N/N=C/CCCCCCCCCC. The molecule has 14 nitrogen and oxygen atoms in total. The van der Waals surface area contributed by atoms with E-state index in [1.807, 2.05) is 0 Å². The van der Waals surface area contributed by atoms with E-state index in [1.54, 1.807) is 18.6 Å². The van der Waals surface area contributed by atoms with E-state index in [-0.39, 0.29) is 31.6 Å². The number of nitrogens with one attached hydrogen (secondary N) is 4. The van der Waals surface area contributed by atoms with Crippen LogP contribution in [0, 0.1) is 0 Å². The molecule has 2 atom stereocenters. The monoisotopic (exact) mass is 817 g/mol. The zero-order valence-corrected chi connectivity index (χ0v) is 36.9. The lowest BCUT2D eigenvalue weighted by Gasteiger charge is -2.19. The summed E-state index contributed by atoms with van der Waals surface area (Å²) >= 11 is 0. The first kappa shape index (κ1) is 54.2. The van der Waals surface area contributed by atoms with Gasteiger partial charge in [0.1, 0.15) is 12.1 Å². The molecule has 4 amide bonds. The van der Waals surface area contributed by atoms with Gasteiger partial charge < -0.3 is 16.8 Å². The van der Waals surface area contributed by atoms with E-state index in [2.05, 4.69) is 62.7 Å². The number of nitrogens with two attached hydrogens (primary N) is 2. The van der Waals surface area contributed by atoms with Crippen LogP contribution in [0.15, 0.2) is 20.3 Å². The number of hydrogen-bond donors (Lipinski definition) is 6. The minimum Gasteiger partial charge on any atom is -0.370 e. The molecular weight excluding hydrogens is 733 g/mol. The molecule has 8 N–H and O–H groups in total. The van der Waals surface area contributed by atoms with E-state index in [9.17, 15) is 19.2 Å². The molecule has 0 aromatic rings. The molecule has 0 fully saturated rings. The third kappa shape index (κ3) is 36.5. The summed E-state index contributed by atoms with van der Waals surface area (Å²) in [4.78, 5) is 55.8. The quantitative estimate of drug-likeness (QED) is 0.0154. The van der Waals surface area contributed by atoms with Crippen molar-refractivity contribution >= 4 is 48.2 Å². The molecule has 0 radical (unpaired) electrons. The maximum Gasteiger partial charge on any atom is 0.262 e. The Morgan fingerprint density at radius 1 is 0.466 bits per heavy atom. The topological polar surface area (TPSA) is 218 Å². The van der Waals surface area contributed by atoms with E-state index in [0.717, 1.165) is 51.4 Å². The number of guanidine groups is 1. The Balaban J connectivity index is 5.08. The normalized spacial score (nSPS) is 12.5. The molecule has 0 aromatic heterocycles. The summed E-state index contributed by atoms with van der Waals surface area (Å²) < 4.78 is 0. The lowest BCUT2D eigenvalue weighted by molar-refractivity contribution is -0.130. The molecule has 0 spiro atoms. The van der Waals surface area contributed by atoms with Crippen molar-refractivity contribution < 1.29 is 19.2 Å². The Kier molecular flexibility index (Phi) is 38.6. The van der Waals surface area contributed by atoms with Crippen LogP contribution in [0.25, 0.3) is 0 Å². The van der Waals surface area contributed by atoms with Gasteiger partial charge in [0.05, 0.1) is 0 Å². The average molecular weight is 817 g/mol. The maximum atomic E-state index is 13.4. The number of carbonyl (C=O) groups excluding carboxylic acids is 4. The second kappa shape index (κ2) is 41.3. The van der Waals surface area contributed by atoms with Crippen LogP contribution in [0.3, 0.4) is 0 Å². The Labute approximate surface area is 351 Å². The first-order valence-corrected chi connectivity index (χ1v) is 23.1. The van der Waals surface area contributed by atoms with E-state index in [0.29, 0.717) is 6.42 Å². The summed E-state index contributed by atoms with van der Waals surface area (Å²) in [5.74, 6) is -2.36. The highest BCUT2D eigenvalue weighted by atomic mass is 16.2. The van der Waals surface area contributed by atoms with Crippen molar-refractivity contribution in [3.63, 3.8) is 0 Å². The molecule has 334 valence electrons. The van der Waals surface area contributed by atoms with Gasteiger partial charge in [-0.05, 0) is 51.4 Å². The van der Waals surface area contributed by atoms with Gasteiger partial charge >= 0.3 is 0 Å². The minimum absolute atomic E-state index is 0.0207. The van der Waals surface area contributed by atoms with Crippen LogP contribution in [-0.4, -0.2) is 60.3 Å². The van der Waals surface area contributed by atoms with Gasteiger partial charge in [-0.3, -0.25) is 19.2 Å². The zero-order chi connectivity index (χ0) is 42.7. The Hall–Kier alpha value is -3.84. The fraction of sp³-hybridized carbons (Fsp3) is 0.818. The van der Waals surface area contributed by atoms with E-state index >= 15 is 0 Å². The van der Waals surface area contributed by atoms with Crippen molar-refractivity contribution in [3.8, 4) is 0 Å². The van der Waals surface area contributed by atoms with Crippen LogP contribution in [0.5, 0.6) is 0 Å². The molecule has 0 rings (SSSR count). The second-order valence-corrected chi connectivity index (χ2v) is 15.5. The van der Waals surface area contributed by atoms with Crippen molar-refractivity contribution in [2.45, 2.75) is 232 Å². The molecule has 0 heterocycles. The van der Waals surface area contributed by atoms with Crippen LogP contribution < -0.4 is 33.1 Å². The van der Waals surface area contributed by atoms with Gasteiger partial charge in [0.15, 0.2) is 5.96 Å². The smallest absolute Gasteiger partial charge is 0.262 e. The molecule has 0 aromatic carbocycles. The van der Waals surface area contributed by atoms with Crippen molar-refractivity contribution in [1.29, 1.82) is 0 Å². The van der Waals surface area contributed by atoms with E-state index in [4.69, 9.17) is 11.5 Å². The third-order valence-corrected chi connectivity index (χ3v) is 9.93. The average Bonchev–Trinajstić information content (AvgIpc) is 3.20. The highest BCUT2D eigenvalue weighted by Gasteiger charge is 2.26.